The summed E-state index contributed by atoms with van der Waals surface area (Å²) in [6, 6.07) is 18.5. The Balaban J connectivity index is 1.39. The fraction of sp³-hybridized carbons (Fsp3) is 0.280. The van der Waals surface area contributed by atoms with Crippen molar-refractivity contribution < 1.29 is 24.2 Å². The van der Waals surface area contributed by atoms with Gasteiger partial charge in [0, 0.05) is 24.0 Å². The lowest BCUT2D eigenvalue weighted by Crippen LogP contribution is -2.51. The van der Waals surface area contributed by atoms with Crippen LogP contribution in [-0.2, 0) is 27.4 Å². The van der Waals surface area contributed by atoms with Crippen LogP contribution in [-0.4, -0.2) is 51.6 Å². The lowest BCUT2D eigenvalue weighted by Gasteiger charge is -2.25. The molecule has 4 rings (SSSR count). The predicted octanol–water partition coefficient (Wildman–Crippen LogP) is 3.15. The molecule has 0 aliphatic carbocycles. The highest BCUT2D eigenvalue weighted by Gasteiger charge is 2.36. The molecule has 8 heteroatoms. The molecule has 0 saturated carbocycles. The number of ether oxygens (including phenoxy) is 1. The van der Waals surface area contributed by atoms with Gasteiger partial charge >= 0.3 is 12.1 Å². The summed E-state index contributed by atoms with van der Waals surface area (Å²) in [6.45, 7) is 0.492. The second-order valence-electron chi connectivity index (χ2n) is 7.99. The van der Waals surface area contributed by atoms with E-state index in [0.29, 0.717) is 25.1 Å². The van der Waals surface area contributed by atoms with E-state index in [2.05, 4.69) is 10.3 Å². The molecule has 0 radical (unpaired) electrons. The smallest absolute Gasteiger partial charge is 0.410 e. The first-order chi connectivity index (χ1) is 16.0. The molecule has 1 aliphatic rings. The lowest BCUT2D eigenvalue weighted by atomic mass is 10.1. The number of hydrogen-bond donors (Lipinski definition) is 2. The van der Waals surface area contributed by atoms with Crippen molar-refractivity contribution in [3.63, 3.8) is 0 Å². The SMILES string of the molecule is O=C(O)[C@H](Cc1ccc2ccccc2n1)NC(=O)[C@H]1CCCN1C(=O)OCc1ccccc1. The maximum atomic E-state index is 12.9. The Labute approximate surface area is 191 Å². The van der Waals surface area contributed by atoms with Crippen molar-refractivity contribution in [1.29, 1.82) is 0 Å². The molecule has 0 unspecified atom stereocenters. The van der Waals surface area contributed by atoms with Gasteiger partial charge < -0.3 is 15.2 Å². The van der Waals surface area contributed by atoms with Gasteiger partial charge in [0.2, 0.25) is 5.91 Å². The Kier molecular flexibility index (Phi) is 6.83. The van der Waals surface area contributed by atoms with E-state index in [-0.39, 0.29) is 13.0 Å². The molecule has 2 amide bonds. The molecule has 170 valence electrons. The molecule has 1 saturated heterocycles. The number of amides is 2. The second-order valence-corrected chi connectivity index (χ2v) is 7.99. The lowest BCUT2D eigenvalue weighted by molar-refractivity contribution is -0.142. The largest absolute Gasteiger partial charge is 0.480 e. The van der Waals surface area contributed by atoms with Crippen LogP contribution in [0.5, 0.6) is 0 Å². The minimum Gasteiger partial charge on any atom is -0.480 e. The third kappa shape index (κ3) is 5.46. The fourth-order valence-corrected chi connectivity index (χ4v) is 3.96. The van der Waals surface area contributed by atoms with Crippen molar-refractivity contribution in [1.82, 2.24) is 15.2 Å². The van der Waals surface area contributed by atoms with Gasteiger partial charge in [0.15, 0.2) is 0 Å². The molecule has 0 bridgehead atoms. The molecule has 3 aromatic rings. The van der Waals surface area contributed by atoms with Gasteiger partial charge in [-0.25, -0.2) is 9.59 Å². The van der Waals surface area contributed by atoms with Crippen molar-refractivity contribution in [3.05, 3.63) is 78.0 Å². The number of para-hydroxylation sites is 1. The summed E-state index contributed by atoms with van der Waals surface area (Å²) in [4.78, 5) is 43.2. The molecule has 2 heterocycles. The topological polar surface area (TPSA) is 109 Å². The molecule has 33 heavy (non-hydrogen) atoms. The van der Waals surface area contributed by atoms with Crippen LogP contribution in [0.25, 0.3) is 10.9 Å². The third-order valence-corrected chi connectivity index (χ3v) is 5.68. The summed E-state index contributed by atoms with van der Waals surface area (Å²) in [5, 5.41) is 13.2. The van der Waals surface area contributed by atoms with Crippen molar-refractivity contribution in [3.8, 4) is 0 Å². The zero-order chi connectivity index (χ0) is 23.2. The van der Waals surface area contributed by atoms with Crippen LogP contribution in [0, 0.1) is 0 Å². The van der Waals surface area contributed by atoms with Crippen LogP contribution in [0.3, 0.4) is 0 Å². The second kappa shape index (κ2) is 10.1. The average molecular weight is 447 g/mol. The predicted molar refractivity (Wildman–Crippen MR) is 121 cm³/mol. The van der Waals surface area contributed by atoms with E-state index < -0.39 is 30.1 Å². The number of rotatable bonds is 7. The first kappa shape index (κ1) is 22.3. The van der Waals surface area contributed by atoms with Gasteiger partial charge in [0.05, 0.1) is 5.52 Å². The molecule has 1 aromatic heterocycles. The van der Waals surface area contributed by atoms with Crippen molar-refractivity contribution in [2.24, 2.45) is 0 Å². The van der Waals surface area contributed by atoms with E-state index >= 15 is 0 Å². The van der Waals surface area contributed by atoms with Gasteiger partial charge in [-0.05, 0) is 30.5 Å². The number of aliphatic carboxylic acids is 1. The van der Waals surface area contributed by atoms with Crippen molar-refractivity contribution in [2.45, 2.75) is 38.0 Å². The summed E-state index contributed by atoms with van der Waals surface area (Å²) in [5.74, 6) is -1.66. The molecule has 8 nitrogen and oxygen atoms in total. The normalized spacial score (nSPS) is 16.4. The van der Waals surface area contributed by atoms with E-state index in [1.54, 1.807) is 6.07 Å². The van der Waals surface area contributed by atoms with Gasteiger partial charge in [-0.2, -0.15) is 0 Å². The average Bonchev–Trinajstić information content (AvgIpc) is 3.33. The van der Waals surface area contributed by atoms with Crippen LogP contribution in [0.4, 0.5) is 4.79 Å². The molecule has 2 N–H and O–H groups in total. The number of carbonyl (C=O) groups is 3. The number of fused-ring (bicyclic) bond motifs is 1. The number of nitrogens with zero attached hydrogens (tertiary/aromatic N) is 2. The van der Waals surface area contributed by atoms with Gasteiger partial charge in [-0.3, -0.25) is 14.7 Å². The molecule has 1 aliphatic heterocycles. The number of aromatic nitrogens is 1. The van der Waals surface area contributed by atoms with Crippen molar-refractivity contribution >= 4 is 28.9 Å². The van der Waals surface area contributed by atoms with Gasteiger partial charge in [0.25, 0.3) is 0 Å². The Morgan fingerprint density at radius 3 is 2.61 bits per heavy atom. The Bertz CT molecular complexity index is 1150. The molecule has 1 fully saturated rings. The molecular weight excluding hydrogens is 422 g/mol. The molecule has 0 spiro atoms. The fourth-order valence-electron chi connectivity index (χ4n) is 3.96. The van der Waals surface area contributed by atoms with E-state index in [1.165, 1.54) is 4.90 Å². The first-order valence-corrected chi connectivity index (χ1v) is 10.9. The minimum absolute atomic E-state index is 0.0388. The highest BCUT2D eigenvalue weighted by molar-refractivity contribution is 5.89. The zero-order valence-electron chi connectivity index (χ0n) is 18.0. The van der Waals surface area contributed by atoms with Crippen LogP contribution >= 0.6 is 0 Å². The number of nitrogens with one attached hydrogen (secondary N) is 1. The number of carbonyl (C=O) groups excluding carboxylic acids is 2. The monoisotopic (exact) mass is 447 g/mol. The number of hydrogen-bond acceptors (Lipinski definition) is 5. The first-order valence-electron chi connectivity index (χ1n) is 10.9. The Hall–Kier alpha value is -3.94. The van der Waals surface area contributed by atoms with Gasteiger partial charge in [-0.1, -0.05) is 54.6 Å². The maximum Gasteiger partial charge on any atom is 0.410 e. The van der Waals surface area contributed by atoms with E-state index in [1.807, 2.05) is 60.7 Å². The summed E-state index contributed by atoms with van der Waals surface area (Å²) in [5.41, 5.74) is 2.17. The maximum absolute atomic E-state index is 12.9. The summed E-state index contributed by atoms with van der Waals surface area (Å²) in [6.07, 6.45) is 0.548. The molecule has 2 atom stereocenters. The summed E-state index contributed by atoms with van der Waals surface area (Å²) >= 11 is 0. The summed E-state index contributed by atoms with van der Waals surface area (Å²) in [7, 11) is 0. The van der Waals surface area contributed by atoms with Crippen LogP contribution in [0.1, 0.15) is 24.1 Å². The number of carboxylic acids is 1. The number of likely N-dealkylation sites (tertiary alicyclic amines) is 1. The van der Waals surface area contributed by atoms with Crippen LogP contribution < -0.4 is 5.32 Å². The van der Waals surface area contributed by atoms with Gasteiger partial charge in [0.1, 0.15) is 18.7 Å². The van der Waals surface area contributed by atoms with Gasteiger partial charge in [-0.15, -0.1) is 0 Å². The highest BCUT2D eigenvalue weighted by atomic mass is 16.6. The van der Waals surface area contributed by atoms with E-state index in [0.717, 1.165) is 16.5 Å². The quantitative estimate of drug-likeness (QED) is 0.576. The van der Waals surface area contributed by atoms with Crippen molar-refractivity contribution in [2.75, 3.05) is 6.54 Å². The summed E-state index contributed by atoms with van der Waals surface area (Å²) < 4.78 is 5.36. The van der Waals surface area contributed by atoms with E-state index in [4.69, 9.17) is 4.74 Å². The highest BCUT2D eigenvalue weighted by Crippen LogP contribution is 2.20. The van der Waals surface area contributed by atoms with E-state index in [9.17, 15) is 19.5 Å². The standard InChI is InChI=1S/C25H25N3O5/c29-23(22-11-6-14-28(22)25(32)33-16-17-7-2-1-3-8-17)27-21(24(30)31)15-19-13-12-18-9-4-5-10-20(18)26-19/h1-5,7-10,12-13,21-22H,6,11,14-16H2,(H,27,29)(H,30,31)/t21-,22+/m0/s1. The Morgan fingerprint density at radius 2 is 1.82 bits per heavy atom. The molecule has 2 aromatic carbocycles. The van der Waals surface area contributed by atoms with Crippen LogP contribution in [0.15, 0.2) is 66.7 Å². The Morgan fingerprint density at radius 1 is 1.06 bits per heavy atom. The van der Waals surface area contributed by atoms with Crippen LogP contribution in [0.2, 0.25) is 0 Å². The third-order valence-electron chi connectivity index (χ3n) is 5.68. The number of carboxylic acid groups (broad SMARTS) is 1. The minimum atomic E-state index is -1.16. The number of pyridine rings is 1. The number of benzene rings is 2. The molecular formula is C25H25N3O5. The zero-order valence-corrected chi connectivity index (χ0v) is 18.0.